The topological polar surface area (TPSA) is 145 Å². The van der Waals surface area contributed by atoms with Gasteiger partial charge in [0.2, 0.25) is 0 Å². The quantitative estimate of drug-likeness (QED) is 0.274. The molecule has 0 aliphatic heterocycles. The first-order valence-corrected chi connectivity index (χ1v) is 8.29. The Hall–Kier alpha value is 0.448. The van der Waals surface area contributed by atoms with Gasteiger partial charge < -0.3 is 0 Å². The molecule has 0 spiro atoms. The standard InChI is InChI=1S/4H2N.2H2O.Pt/h6*1H2;/q4*-1;;;+4/p-2. The van der Waals surface area contributed by atoms with E-state index in [9.17, 15) is 0 Å². The third-order valence-electron chi connectivity index (χ3n) is 0. The summed E-state index contributed by atoms with van der Waals surface area (Å²) >= 11 is -6.12. The molecule has 0 saturated heterocycles. The van der Waals surface area contributed by atoms with Crippen molar-refractivity contribution >= 4 is 0 Å². The van der Waals surface area contributed by atoms with E-state index in [1.54, 1.807) is 0 Å². The van der Waals surface area contributed by atoms with Gasteiger partial charge in [0.15, 0.2) is 0 Å². The van der Waals surface area contributed by atoms with Gasteiger partial charge in [-0.05, 0) is 0 Å². The molecule has 7 heavy (non-hydrogen) atoms. The van der Waals surface area contributed by atoms with Crippen LogP contribution in [0, 0.1) is 0 Å². The fraction of sp³-hybridized carbons (Fsp3) is 0. The summed E-state index contributed by atoms with van der Waals surface area (Å²) in [6.45, 7) is 0. The monoisotopic (exact) mass is 293 g/mol. The zero-order valence-corrected chi connectivity index (χ0v) is 5.79. The maximum atomic E-state index is 8.30. The maximum absolute atomic E-state index is 8.30. The first-order chi connectivity index (χ1) is 2.45. The molecule has 0 aromatic carbocycles. The van der Waals surface area contributed by atoms with Crippen molar-refractivity contribution in [2.75, 3.05) is 0 Å². The molecular weight excluding hydrogens is 283 g/mol. The molecule has 0 aliphatic carbocycles. The molecule has 0 heterocycles. The Bertz CT molecular complexity index is 68.3. The number of rotatable bonds is 0. The molecule has 0 aromatic heterocycles. The van der Waals surface area contributed by atoms with Gasteiger partial charge in [-0.2, -0.15) is 0 Å². The van der Waals surface area contributed by atoms with Crippen LogP contribution in [0.3, 0.4) is 0 Å². The van der Waals surface area contributed by atoms with Crippen molar-refractivity contribution in [1.82, 2.24) is 0 Å². The molecule has 0 fully saturated rings. The fourth-order valence-corrected chi connectivity index (χ4v) is 0. The van der Waals surface area contributed by atoms with E-state index in [4.69, 9.17) is 7.52 Å². The second kappa shape index (κ2) is 0.802. The van der Waals surface area contributed by atoms with Gasteiger partial charge in [-0.15, -0.1) is 0 Å². The van der Waals surface area contributed by atoms with E-state index in [-0.39, 0.29) is 0 Å². The van der Waals surface area contributed by atoms with Gasteiger partial charge >= 0.3 is 40.0 Å². The second-order valence-electron chi connectivity index (χ2n) is 1.35. The van der Waals surface area contributed by atoms with Gasteiger partial charge in [-0.3, -0.25) is 0 Å². The average Bonchev–Trinajstić information content (AvgIpc) is 0.592. The number of hydrogen-bond acceptors (Lipinski definition) is 6. The second-order valence-corrected chi connectivity index (χ2v) is 11.0. The minimum absolute atomic E-state index is 4.47. The SMILES string of the molecule is [NH2][Pt-2]([NH2])([NH2])([NH2])([OH])[OH]. The molecule has 0 radical (unpaired) electrons. The van der Waals surface area contributed by atoms with Crippen molar-refractivity contribution < 1.29 is 22.8 Å². The molecule has 0 aliphatic rings. The van der Waals surface area contributed by atoms with Crippen LogP contribution in [0.25, 0.3) is 0 Å². The fourth-order valence-electron chi connectivity index (χ4n) is 0. The first-order valence-electron chi connectivity index (χ1n) is 1.01. The van der Waals surface area contributed by atoms with Gasteiger partial charge in [0.05, 0.1) is 0 Å². The Morgan fingerprint density at radius 1 is 0.857 bits per heavy atom. The summed E-state index contributed by atoms with van der Waals surface area (Å²) in [6.07, 6.45) is 0. The number of nitrogens with two attached hydrogens (primary N) is 4. The molecule has 0 rings (SSSR count). The summed E-state index contributed by atoms with van der Waals surface area (Å²) in [5.41, 5.74) is 0. The zero-order valence-electron chi connectivity index (χ0n) is 3.52. The molecule has 0 aromatic rings. The van der Waals surface area contributed by atoms with E-state index in [2.05, 4.69) is 17.2 Å². The van der Waals surface area contributed by atoms with Gasteiger partial charge in [-0.25, -0.2) is 0 Å². The third-order valence-corrected chi connectivity index (χ3v) is 0. The summed E-state index contributed by atoms with van der Waals surface area (Å²) in [6, 6.07) is 0. The Labute approximate surface area is 40.7 Å². The molecular formula is H10N4O2Pt-2. The molecule has 0 atom stereocenters. The van der Waals surface area contributed by atoms with Crippen LogP contribution in [0.5, 0.6) is 0 Å². The Kier molecular flexibility index (Phi) is 0.853. The summed E-state index contributed by atoms with van der Waals surface area (Å²) in [7, 11) is 0. The van der Waals surface area contributed by atoms with E-state index < -0.39 is 15.3 Å². The van der Waals surface area contributed by atoms with Crippen LogP contribution in [0.2, 0.25) is 0 Å². The Morgan fingerprint density at radius 2 is 0.857 bits per heavy atom. The summed E-state index contributed by atoms with van der Waals surface area (Å²) in [5, 5.41) is 0. The molecule has 0 amide bonds. The molecule has 54 valence electrons. The van der Waals surface area contributed by atoms with Gasteiger partial charge in [0.25, 0.3) is 0 Å². The van der Waals surface area contributed by atoms with Crippen LogP contribution in [0.15, 0.2) is 0 Å². The average molecular weight is 293 g/mol. The van der Waals surface area contributed by atoms with Crippen molar-refractivity contribution in [3.63, 3.8) is 0 Å². The third kappa shape index (κ3) is 635. The van der Waals surface area contributed by atoms with E-state index in [0.29, 0.717) is 0 Å². The van der Waals surface area contributed by atoms with Crippen molar-refractivity contribution in [3.05, 3.63) is 0 Å². The minimum atomic E-state index is -6.12. The predicted octanol–water partition coefficient (Wildman–Crippen LogP) is -3.48. The van der Waals surface area contributed by atoms with E-state index in [1.807, 2.05) is 0 Å². The summed E-state index contributed by atoms with van der Waals surface area (Å²) in [5.74, 6) is 0. The van der Waals surface area contributed by atoms with Gasteiger partial charge in [-0.1, -0.05) is 0 Å². The molecule has 7 heteroatoms. The van der Waals surface area contributed by atoms with Crippen LogP contribution < -0.4 is 17.2 Å². The number of hydrogen-bond donors (Lipinski definition) is 6. The molecule has 6 nitrogen and oxygen atoms in total. The Morgan fingerprint density at radius 3 is 0.857 bits per heavy atom. The van der Waals surface area contributed by atoms with Crippen LogP contribution in [-0.2, 0) is 15.3 Å². The molecule has 10 N–H and O–H groups in total. The molecule has 0 bridgehead atoms. The normalized spacial score (nSPS) is 23.1. The van der Waals surface area contributed by atoms with Crippen molar-refractivity contribution in [1.29, 1.82) is 0 Å². The van der Waals surface area contributed by atoms with Gasteiger partial charge in [0.1, 0.15) is 0 Å². The molecule has 0 saturated carbocycles. The summed E-state index contributed by atoms with van der Waals surface area (Å²) < 4.78 is 34.5. The van der Waals surface area contributed by atoms with Crippen LogP contribution in [0.4, 0.5) is 0 Å². The Balaban J connectivity index is 4.43. The van der Waals surface area contributed by atoms with Crippen molar-refractivity contribution in [3.8, 4) is 0 Å². The summed E-state index contributed by atoms with van der Waals surface area (Å²) in [4.78, 5) is 0. The van der Waals surface area contributed by atoms with Crippen molar-refractivity contribution in [2.24, 2.45) is 17.2 Å². The van der Waals surface area contributed by atoms with Crippen LogP contribution in [0.1, 0.15) is 0 Å². The zero-order chi connectivity index (χ0) is 6.41. The van der Waals surface area contributed by atoms with E-state index in [1.165, 1.54) is 0 Å². The predicted molar refractivity (Wildman–Crippen MR) is 21.2 cm³/mol. The van der Waals surface area contributed by atoms with Gasteiger partial charge in [0, 0.05) is 0 Å². The van der Waals surface area contributed by atoms with E-state index >= 15 is 0 Å². The van der Waals surface area contributed by atoms with E-state index in [0.717, 1.165) is 0 Å². The first kappa shape index (κ1) is 7.45. The van der Waals surface area contributed by atoms with Crippen LogP contribution >= 0.6 is 0 Å². The van der Waals surface area contributed by atoms with Crippen LogP contribution in [-0.4, -0.2) is 7.52 Å². The molecule has 0 unspecified atom stereocenters. The van der Waals surface area contributed by atoms with Crippen molar-refractivity contribution in [2.45, 2.75) is 0 Å².